The highest BCUT2D eigenvalue weighted by Crippen LogP contribution is 2.15. The summed E-state index contributed by atoms with van der Waals surface area (Å²) in [6, 6.07) is -1.02. The summed E-state index contributed by atoms with van der Waals surface area (Å²) in [5.41, 5.74) is 0. The Morgan fingerprint density at radius 3 is 1.13 bits per heavy atom. The molecular formula is C55H101NO5. The Hall–Kier alpha value is -1.99. The van der Waals surface area contributed by atoms with E-state index >= 15 is 0 Å². The van der Waals surface area contributed by atoms with Crippen molar-refractivity contribution < 1.29 is 25.2 Å². The number of carbonyl (C=O) groups is 1. The molecule has 0 aromatic heterocycles. The molecule has 5 N–H and O–H groups in total. The molecule has 6 heteroatoms. The molecule has 356 valence electrons. The van der Waals surface area contributed by atoms with Gasteiger partial charge >= 0.3 is 0 Å². The van der Waals surface area contributed by atoms with Crippen LogP contribution in [0.5, 0.6) is 0 Å². The SMILES string of the molecule is CCCCCCCC/C=C/CC/C=C/CC/C=C/CCCC(O)C(O)C(CO)NC(=O)C(O)CCCCCCCCCCCC/C=C\C/C=C\CCCCCCCCCCC. The second-order valence-corrected chi connectivity index (χ2v) is 17.8. The lowest BCUT2D eigenvalue weighted by atomic mass is 10.00. The second-order valence-electron chi connectivity index (χ2n) is 17.8. The molecule has 0 aliphatic carbocycles. The Labute approximate surface area is 378 Å². The summed E-state index contributed by atoms with van der Waals surface area (Å²) in [4.78, 5) is 12.6. The minimum atomic E-state index is -1.30. The van der Waals surface area contributed by atoms with Gasteiger partial charge in [0.1, 0.15) is 12.2 Å². The molecule has 0 heterocycles. The Morgan fingerprint density at radius 2 is 0.738 bits per heavy atom. The molecule has 0 aliphatic rings. The van der Waals surface area contributed by atoms with Crippen LogP contribution in [0.3, 0.4) is 0 Å². The molecule has 4 atom stereocenters. The van der Waals surface area contributed by atoms with E-state index in [4.69, 9.17) is 0 Å². The van der Waals surface area contributed by atoms with Crippen LogP contribution in [0.4, 0.5) is 0 Å². The number of aliphatic hydroxyl groups is 4. The first kappa shape index (κ1) is 59.0. The first-order valence-corrected chi connectivity index (χ1v) is 26.2. The fraction of sp³-hybridized carbons (Fsp3) is 0.800. The van der Waals surface area contributed by atoms with Gasteiger partial charge in [0.15, 0.2) is 0 Å². The van der Waals surface area contributed by atoms with Crippen molar-refractivity contribution in [2.24, 2.45) is 0 Å². The van der Waals surface area contributed by atoms with Crippen molar-refractivity contribution >= 4 is 5.91 Å². The quantitative estimate of drug-likeness (QED) is 0.0309. The molecule has 0 fully saturated rings. The van der Waals surface area contributed by atoms with Crippen LogP contribution in [0, 0.1) is 0 Å². The summed E-state index contributed by atoms with van der Waals surface area (Å²) in [6.45, 7) is 4.04. The van der Waals surface area contributed by atoms with Crippen LogP contribution in [-0.2, 0) is 4.79 Å². The molecule has 0 saturated carbocycles. The zero-order chi connectivity index (χ0) is 44.5. The maximum atomic E-state index is 12.6. The van der Waals surface area contributed by atoms with E-state index in [2.05, 4.69) is 79.9 Å². The number of nitrogens with one attached hydrogen (secondary N) is 1. The monoisotopic (exact) mass is 856 g/mol. The van der Waals surface area contributed by atoms with Crippen LogP contribution in [0.15, 0.2) is 60.8 Å². The molecule has 0 aromatic rings. The highest BCUT2D eigenvalue weighted by molar-refractivity contribution is 5.80. The fourth-order valence-electron chi connectivity index (χ4n) is 7.76. The van der Waals surface area contributed by atoms with Gasteiger partial charge in [-0.1, -0.05) is 216 Å². The second kappa shape index (κ2) is 49.0. The van der Waals surface area contributed by atoms with Gasteiger partial charge in [-0.3, -0.25) is 4.79 Å². The maximum Gasteiger partial charge on any atom is 0.249 e. The largest absolute Gasteiger partial charge is 0.394 e. The van der Waals surface area contributed by atoms with Crippen LogP contribution in [0.25, 0.3) is 0 Å². The Kier molecular flexibility index (Phi) is 47.4. The number of rotatable bonds is 47. The summed E-state index contributed by atoms with van der Waals surface area (Å²) in [5, 5.41) is 43.8. The van der Waals surface area contributed by atoms with E-state index in [0.717, 1.165) is 57.8 Å². The molecule has 0 spiro atoms. The summed E-state index contributed by atoms with van der Waals surface area (Å²) in [5.74, 6) is -0.603. The molecule has 6 nitrogen and oxygen atoms in total. The van der Waals surface area contributed by atoms with Gasteiger partial charge in [-0.15, -0.1) is 0 Å². The van der Waals surface area contributed by atoms with E-state index in [0.29, 0.717) is 19.3 Å². The van der Waals surface area contributed by atoms with Crippen LogP contribution in [0.2, 0.25) is 0 Å². The summed E-state index contributed by atoms with van der Waals surface area (Å²) >= 11 is 0. The van der Waals surface area contributed by atoms with Gasteiger partial charge in [-0.2, -0.15) is 0 Å². The smallest absolute Gasteiger partial charge is 0.249 e. The van der Waals surface area contributed by atoms with Crippen LogP contribution >= 0.6 is 0 Å². The third-order valence-corrected chi connectivity index (χ3v) is 11.9. The number of allylic oxidation sites excluding steroid dienone is 10. The predicted octanol–water partition coefficient (Wildman–Crippen LogP) is 14.8. The highest BCUT2D eigenvalue weighted by Gasteiger charge is 2.28. The minimum absolute atomic E-state index is 0.353. The average molecular weight is 856 g/mol. The van der Waals surface area contributed by atoms with E-state index in [-0.39, 0.29) is 0 Å². The molecule has 0 rings (SSSR count). The van der Waals surface area contributed by atoms with Crippen molar-refractivity contribution in [1.29, 1.82) is 0 Å². The predicted molar refractivity (Wildman–Crippen MR) is 265 cm³/mol. The van der Waals surface area contributed by atoms with E-state index in [9.17, 15) is 25.2 Å². The minimum Gasteiger partial charge on any atom is -0.394 e. The maximum absolute atomic E-state index is 12.6. The molecule has 0 aromatic carbocycles. The zero-order valence-corrected chi connectivity index (χ0v) is 40.2. The Bertz CT molecular complexity index is 1050. The Balaban J connectivity index is 3.75. The summed E-state index contributed by atoms with van der Waals surface area (Å²) in [6.07, 6.45) is 62.7. The molecule has 0 radical (unpaired) electrons. The van der Waals surface area contributed by atoms with Crippen molar-refractivity contribution in [3.8, 4) is 0 Å². The van der Waals surface area contributed by atoms with Crippen molar-refractivity contribution in [3.05, 3.63) is 60.8 Å². The van der Waals surface area contributed by atoms with Crippen LogP contribution < -0.4 is 5.32 Å². The zero-order valence-electron chi connectivity index (χ0n) is 40.2. The third kappa shape index (κ3) is 43.1. The van der Waals surface area contributed by atoms with Gasteiger partial charge in [-0.05, 0) is 96.3 Å². The van der Waals surface area contributed by atoms with E-state index in [1.165, 1.54) is 161 Å². The van der Waals surface area contributed by atoms with Gasteiger partial charge in [0, 0.05) is 0 Å². The standard InChI is InChI=1S/C55H101NO5/c1-3-5-7-9-11-13-15-17-19-21-23-24-25-26-27-28-29-31-33-35-37-39-41-43-45-47-49-53(59)55(61)56-51(50-57)54(60)52(58)48-46-44-42-40-38-36-34-32-30-22-20-18-16-14-12-10-8-6-4-2/h18,20,23-24,26-27,32,34,40,42,51-54,57-60H,3-17,19,21-22,25,28-31,33,35-39,41,43-50H2,1-2H3,(H,56,61)/b20-18+,24-23-,27-26-,34-32+,42-40+. The topological polar surface area (TPSA) is 110 Å². The van der Waals surface area contributed by atoms with Gasteiger partial charge in [0.05, 0.1) is 18.8 Å². The lowest BCUT2D eigenvalue weighted by Crippen LogP contribution is -2.53. The van der Waals surface area contributed by atoms with Crippen molar-refractivity contribution in [2.45, 2.75) is 276 Å². The van der Waals surface area contributed by atoms with Crippen molar-refractivity contribution in [2.75, 3.05) is 6.61 Å². The van der Waals surface area contributed by atoms with Gasteiger partial charge in [-0.25, -0.2) is 0 Å². The van der Waals surface area contributed by atoms with Gasteiger partial charge < -0.3 is 25.7 Å². The van der Waals surface area contributed by atoms with E-state index in [1.54, 1.807) is 0 Å². The van der Waals surface area contributed by atoms with Gasteiger partial charge in [0.2, 0.25) is 5.91 Å². The third-order valence-electron chi connectivity index (χ3n) is 11.9. The fourth-order valence-corrected chi connectivity index (χ4v) is 7.76. The van der Waals surface area contributed by atoms with E-state index < -0.39 is 36.9 Å². The number of carbonyl (C=O) groups excluding carboxylic acids is 1. The molecule has 4 unspecified atom stereocenters. The van der Waals surface area contributed by atoms with Gasteiger partial charge in [0.25, 0.3) is 0 Å². The van der Waals surface area contributed by atoms with E-state index in [1.807, 2.05) is 0 Å². The number of aliphatic hydroxyl groups excluding tert-OH is 4. The molecule has 0 saturated heterocycles. The number of hydrogen-bond acceptors (Lipinski definition) is 5. The lowest BCUT2D eigenvalue weighted by Gasteiger charge is -2.27. The average Bonchev–Trinajstić information content (AvgIpc) is 3.26. The molecule has 1 amide bonds. The normalized spacial score (nSPS) is 14.4. The molecule has 0 aliphatic heterocycles. The van der Waals surface area contributed by atoms with Crippen molar-refractivity contribution in [1.82, 2.24) is 5.32 Å². The summed E-state index contributed by atoms with van der Waals surface area (Å²) < 4.78 is 0. The molecule has 61 heavy (non-hydrogen) atoms. The van der Waals surface area contributed by atoms with Crippen molar-refractivity contribution in [3.63, 3.8) is 0 Å². The molecule has 0 bridgehead atoms. The number of amides is 1. The molecular weight excluding hydrogens is 755 g/mol. The highest BCUT2D eigenvalue weighted by atomic mass is 16.3. The number of unbranched alkanes of at least 4 members (excludes halogenated alkanes) is 28. The Morgan fingerprint density at radius 1 is 0.410 bits per heavy atom. The first-order valence-electron chi connectivity index (χ1n) is 26.2. The lowest BCUT2D eigenvalue weighted by molar-refractivity contribution is -0.132. The van der Waals surface area contributed by atoms with Crippen LogP contribution in [-0.4, -0.2) is 57.3 Å². The van der Waals surface area contributed by atoms with Crippen LogP contribution in [0.1, 0.15) is 251 Å². The summed E-state index contributed by atoms with van der Waals surface area (Å²) in [7, 11) is 0. The number of hydrogen-bond donors (Lipinski definition) is 5. The first-order chi connectivity index (χ1) is 30.0.